The van der Waals surface area contributed by atoms with Crippen LogP contribution in [0.4, 0.5) is 0 Å². The number of nitrogens with zero attached hydrogens (tertiary/aromatic N) is 1. The molecule has 2 atom stereocenters. The minimum absolute atomic E-state index is 0.119. The van der Waals surface area contributed by atoms with Gasteiger partial charge in [-0.15, -0.1) is 0 Å². The molecule has 1 aromatic rings. The van der Waals surface area contributed by atoms with E-state index in [0.717, 1.165) is 12.0 Å². The minimum Gasteiger partial charge on any atom is -0.328 e. The Morgan fingerprint density at radius 3 is 2.50 bits per heavy atom. The van der Waals surface area contributed by atoms with E-state index in [0.29, 0.717) is 13.0 Å². The first-order valence-corrected chi connectivity index (χ1v) is 6.50. The molecule has 3 nitrogen and oxygen atoms in total. The van der Waals surface area contributed by atoms with Crippen molar-refractivity contribution >= 4 is 11.7 Å². The van der Waals surface area contributed by atoms with Crippen LogP contribution < -0.4 is 0 Å². The van der Waals surface area contributed by atoms with Gasteiger partial charge in [0, 0.05) is 18.9 Å². The number of carbonyl (C=O) groups is 2. The Labute approximate surface area is 108 Å². The highest BCUT2D eigenvalue weighted by atomic mass is 16.2. The van der Waals surface area contributed by atoms with Crippen LogP contribution in [-0.4, -0.2) is 22.6 Å². The third-order valence-electron chi connectivity index (χ3n) is 3.70. The van der Waals surface area contributed by atoms with E-state index < -0.39 is 0 Å². The van der Waals surface area contributed by atoms with E-state index in [1.54, 1.807) is 4.90 Å². The van der Waals surface area contributed by atoms with Crippen molar-refractivity contribution in [2.75, 3.05) is 0 Å². The first kappa shape index (κ1) is 12.8. The van der Waals surface area contributed by atoms with Gasteiger partial charge in [-0.05, 0) is 18.9 Å². The lowest BCUT2D eigenvalue weighted by Crippen LogP contribution is -2.50. The second-order valence-corrected chi connectivity index (χ2v) is 4.90. The summed E-state index contributed by atoms with van der Waals surface area (Å²) in [6, 6.07) is 9.53. The molecule has 0 aromatic heterocycles. The van der Waals surface area contributed by atoms with Crippen LogP contribution in [0.2, 0.25) is 0 Å². The molecule has 1 fully saturated rings. The maximum atomic E-state index is 12.3. The number of benzene rings is 1. The van der Waals surface area contributed by atoms with Crippen LogP contribution in [0.1, 0.15) is 32.3 Å². The third kappa shape index (κ3) is 2.45. The topological polar surface area (TPSA) is 37.4 Å². The van der Waals surface area contributed by atoms with Gasteiger partial charge in [0.1, 0.15) is 0 Å². The van der Waals surface area contributed by atoms with Gasteiger partial charge in [-0.2, -0.15) is 0 Å². The monoisotopic (exact) mass is 245 g/mol. The number of rotatable bonds is 3. The normalized spacial score (nSPS) is 24.4. The van der Waals surface area contributed by atoms with Crippen molar-refractivity contribution in [2.45, 2.75) is 39.3 Å². The largest absolute Gasteiger partial charge is 0.328 e. The van der Waals surface area contributed by atoms with E-state index in [1.165, 1.54) is 0 Å². The number of hydrogen-bond acceptors (Lipinski definition) is 2. The van der Waals surface area contributed by atoms with Crippen LogP contribution in [0.3, 0.4) is 0 Å². The molecule has 0 unspecified atom stereocenters. The summed E-state index contributed by atoms with van der Waals surface area (Å²) in [6.07, 6.45) is 1.14. The van der Waals surface area contributed by atoms with E-state index in [9.17, 15) is 9.59 Å². The molecule has 0 N–H and O–H groups in total. The first-order chi connectivity index (χ1) is 8.63. The van der Waals surface area contributed by atoms with Gasteiger partial charge in [0.05, 0.1) is 6.04 Å². The zero-order chi connectivity index (χ0) is 13.1. The Bertz CT molecular complexity index is 441. The highest BCUT2D eigenvalue weighted by molar-refractivity contribution is 5.96. The van der Waals surface area contributed by atoms with Crippen molar-refractivity contribution in [1.29, 1.82) is 0 Å². The third-order valence-corrected chi connectivity index (χ3v) is 3.70. The van der Waals surface area contributed by atoms with Gasteiger partial charge < -0.3 is 4.90 Å². The van der Waals surface area contributed by atoms with Crippen molar-refractivity contribution in [2.24, 2.45) is 5.92 Å². The smallest absolute Gasteiger partial charge is 0.227 e. The predicted molar refractivity (Wildman–Crippen MR) is 69.9 cm³/mol. The quantitative estimate of drug-likeness (QED) is 0.820. The summed E-state index contributed by atoms with van der Waals surface area (Å²) in [7, 11) is 0. The van der Waals surface area contributed by atoms with Crippen molar-refractivity contribution in [3.05, 3.63) is 35.9 Å². The van der Waals surface area contributed by atoms with Gasteiger partial charge in [0.15, 0.2) is 5.78 Å². The summed E-state index contributed by atoms with van der Waals surface area (Å²) in [5, 5.41) is 0. The predicted octanol–water partition coefficient (Wildman–Crippen LogP) is 2.40. The Kier molecular flexibility index (Phi) is 3.80. The molecule has 0 aliphatic carbocycles. The van der Waals surface area contributed by atoms with Gasteiger partial charge >= 0.3 is 0 Å². The molecule has 96 valence electrons. The van der Waals surface area contributed by atoms with Gasteiger partial charge in [-0.25, -0.2) is 0 Å². The number of amides is 1. The van der Waals surface area contributed by atoms with Crippen molar-refractivity contribution in [3.63, 3.8) is 0 Å². The molecular weight excluding hydrogens is 226 g/mol. The summed E-state index contributed by atoms with van der Waals surface area (Å²) in [5.74, 6) is 0.170. The zero-order valence-electron chi connectivity index (χ0n) is 10.9. The fraction of sp³-hybridized carbons (Fsp3) is 0.467. The van der Waals surface area contributed by atoms with Gasteiger partial charge in [-0.3, -0.25) is 9.59 Å². The number of piperidine rings is 1. The Morgan fingerprint density at radius 2 is 1.89 bits per heavy atom. The van der Waals surface area contributed by atoms with Crippen LogP contribution in [0.5, 0.6) is 0 Å². The van der Waals surface area contributed by atoms with Crippen LogP contribution in [-0.2, 0) is 16.1 Å². The molecule has 1 aliphatic rings. The van der Waals surface area contributed by atoms with E-state index in [1.807, 2.05) is 44.2 Å². The van der Waals surface area contributed by atoms with E-state index in [-0.39, 0.29) is 23.7 Å². The number of likely N-dealkylation sites (tertiary alicyclic amines) is 1. The Balaban J connectivity index is 2.18. The molecule has 1 amide bonds. The lowest BCUT2D eigenvalue weighted by Gasteiger charge is -2.36. The average Bonchev–Trinajstić information content (AvgIpc) is 2.40. The standard InChI is InChI=1S/C15H19NO2/c1-3-13-9-14(17)11(2)16(15(13)18)10-12-7-5-4-6-8-12/h4-8,11,13H,3,9-10H2,1-2H3/t11-,13-/m1/s1. The molecule has 0 spiro atoms. The van der Waals surface area contributed by atoms with E-state index in [2.05, 4.69) is 0 Å². The van der Waals surface area contributed by atoms with Crippen molar-refractivity contribution in [1.82, 2.24) is 4.90 Å². The minimum atomic E-state index is -0.291. The number of carbonyl (C=O) groups excluding carboxylic acids is 2. The zero-order valence-corrected chi connectivity index (χ0v) is 10.9. The molecule has 0 bridgehead atoms. The summed E-state index contributed by atoms with van der Waals surface area (Å²) in [6.45, 7) is 4.32. The fourth-order valence-electron chi connectivity index (χ4n) is 2.41. The lowest BCUT2D eigenvalue weighted by molar-refractivity contribution is -0.150. The molecule has 1 aromatic carbocycles. The first-order valence-electron chi connectivity index (χ1n) is 6.50. The molecule has 3 heteroatoms. The number of hydrogen-bond donors (Lipinski definition) is 0. The molecule has 1 heterocycles. The molecule has 0 radical (unpaired) electrons. The highest BCUT2D eigenvalue weighted by Crippen LogP contribution is 2.24. The maximum Gasteiger partial charge on any atom is 0.227 e. The molecule has 1 aliphatic heterocycles. The second-order valence-electron chi connectivity index (χ2n) is 4.90. The van der Waals surface area contributed by atoms with Crippen molar-refractivity contribution in [3.8, 4) is 0 Å². The van der Waals surface area contributed by atoms with Crippen molar-refractivity contribution < 1.29 is 9.59 Å². The number of Topliss-reactive ketones (excluding diaryl/α,β-unsaturated/α-hetero) is 1. The lowest BCUT2D eigenvalue weighted by atomic mass is 9.89. The Morgan fingerprint density at radius 1 is 1.22 bits per heavy atom. The van der Waals surface area contributed by atoms with Crippen LogP contribution >= 0.6 is 0 Å². The van der Waals surface area contributed by atoms with Gasteiger partial charge in [0.25, 0.3) is 0 Å². The van der Waals surface area contributed by atoms with E-state index >= 15 is 0 Å². The highest BCUT2D eigenvalue weighted by Gasteiger charge is 2.37. The summed E-state index contributed by atoms with van der Waals surface area (Å²) in [5.41, 5.74) is 1.07. The molecule has 18 heavy (non-hydrogen) atoms. The Hall–Kier alpha value is -1.64. The van der Waals surface area contributed by atoms with Crippen LogP contribution in [0.25, 0.3) is 0 Å². The summed E-state index contributed by atoms with van der Waals surface area (Å²) >= 11 is 0. The molecule has 2 rings (SSSR count). The molecular formula is C15H19NO2. The molecule has 0 saturated carbocycles. The van der Waals surface area contributed by atoms with E-state index in [4.69, 9.17) is 0 Å². The maximum absolute atomic E-state index is 12.3. The summed E-state index contributed by atoms with van der Waals surface area (Å²) < 4.78 is 0. The van der Waals surface area contributed by atoms with Gasteiger partial charge in [-0.1, -0.05) is 37.3 Å². The second kappa shape index (κ2) is 5.34. The fourth-order valence-corrected chi connectivity index (χ4v) is 2.41. The average molecular weight is 245 g/mol. The number of ketones is 1. The summed E-state index contributed by atoms with van der Waals surface area (Å²) in [4.78, 5) is 25.9. The molecule has 1 saturated heterocycles. The van der Waals surface area contributed by atoms with Crippen LogP contribution in [0, 0.1) is 5.92 Å². The van der Waals surface area contributed by atoms with Crippen LogP contribution in [0.15, 0.2) is 30.3 Å². The SMILES string of the molecule is CC[C@@H]1CC(=O)[C@@H](C)N(Cc2ccccc2)C1=O. The van der Waals surface area contributed by atoms with Gasteiger partial charge in [0.2, 0.25) is 5.91 Å².